The summed E-state index contributed by atoms with van der Waals surface area (Å²) in [6.45, 7) is 0. The van der Waals surface area contributed by atoms with Crippen LogP contribution in [-0.4, -0.2) is 9.97 Å². The van der Waals surface area contributed by atoms with Crippen LogP contribution in [0.2, 0.25) is 0 Å². The Balaban J connectivity index is 0.00000228. The fraction of sp³-hybridized carbons (Fsp3) is 0. The Morgan fingerprint density at radius 3 is 2.21 bits per heavy atom. The smallest absolute Gasteiger partial charge is 0.422 e. The van der Waals surface area contributed by atoms with Crippen molar-refractivity contribution in [2.75, 3.05) is 0 Å². The fourth-order valence-electron chi connectivity index (χ4n) is 3.77. The van der Waals surface area contributed by atoms with E-state index in [0.717, 1.165) is 22.5 Å². The maximum Gasteiger partial charge on any atom is 2.00 e. The standard InChI is InChI=1S/C28H16N2OS.Pt/c1-2-9-19(10-3-1)23-14-7-17-26(29-23)31-27-18-8-15-24(30-27)22-13-6-12-21-20-11-4-5-16-25(20)32-28(21)22;/h1-9,11-12,14-18H;/q-2;+2. The Morgan fingerprint density at radius 2 is 1.39 bits per heavy atom. The second kappa shape index (κ2) is 9.27. The molecule has 0 amide bonds. The van der Waals surface area contributed by atoms with E-state index in [9.17, 15) is 0 Å². The number of thiophene rings is 1. The first-order valence-electron chi connectivity index (χ1n) is 10.3. The van der Waals surface area contributed by atoms with Crippen LogP contribution in [0.25, 0.3) is 42.7 Å². The maximum atomic E-state index is 6.03. The number of hydrogen-bond acceptors (Lipinski definition) is 4. The van der Waals surface area contributed by atoms with E-state index in [1.54, 1.807) is 11.3 Å². The van der Waals surface area contributed by atoms with E-state index in [-0.39, 0.29) is 21.1 Å². The molecule has 0 N–H and O–H groups in total. The minimum atomic E-state index is 0. The summed E-state index contributed by atoms with van der Waals surface area (Å²) in [5, 5.41) is 2.48. The van der Waals surface area contributed by atoms with Gasteiger partial charge >= 0.3 is 21.1 Å². The molecule has 0 fully saturated rings. The Morgan fingerprint density at radius 1 is 0.636 bits per heavy atom. The number of ether oxygens (including phenoxy) is 1. The summed E-state index contributed by atoms with van der Waals surface area (Å²) < 4.78 is 8.46. The van der Waals surface area contributed by atoms with Crippen LogP contribution in [0.3, 0.4) is 0 Å². The van der Waals surface area contributed by atoms with E-state index in [1.807, 2.05) is 66.7 Å². The van der Waals surface area contributed by atoms with Gasteiger partial charge in [0.15, 0.2) is 0 Å². The Hall–Kier alpha value is -3.33. The van der Waals surface area contributed by atoms with Gasteiger partial charge in [-0.1, -0.05) is 47.9 Å². The Kier molecular flexibility index (Phi) is 6.04. The molecule has 160 valence electrons. The first kappa shape index (κ1) is 21.5. The van der Waals surface area contributed by atoms with Gasteiger partial charge in [-0.3, -0.25) is 9.97 Å². The molecule has 5 heteroatoms. The normalized spacial score (nSPS) is 10.8. The summed E-state index contributed by atoms with van der Waals surface area (Å²) in [4.78, 5) is 9.39. The monoisotopic (exact) mass is 623 g/mol. The van der Waals surface area contributed by atoms with Crippen LogP contribution in [0.4, 0.5) is 0 Å². The maximum absolute atomic E-state index is 6.03. The van der Waals surface area contributed by atoms with Gasteiger partial charge in [-0.05, 0) is 39.7 Å². The van der Waals surface area contributed by atoms with E-state index >= 15 is 0 Å². The predicted octanol–water partition coefficient (Wildman–Crippen LogP) is 7.57. The summed E-state index contributed by atoms with van der Waals surface area (Å²) in [7, 11) is 0. The summed E-state index contributed by atoms with van der Waals surface area (Å²) in [6, 6.07) is 38.4. The number of fused-ring (bicyclic) bond motifs is 3. The number of pyridine rings is 2. The largest absolute Gasteiger partial charge is 2.00 e. The van der Waals surface area contributed by atoms with Crippen molar-refractivity contribution in [3.63, 3.8) is 0 Å². The third kappa shape index (κ3) is 4.20. The zero-order chi connectivity index (χ0) is 21.3. The molecular weight excluding hydrogens is 607 g/mol. The van der Waals surface area contributed by atoms with Crippen molar-refractivity contribution >= 4 is 31.5 Å². The van der Waals surface area contributed by atoms with Crippen molar-refractivity contribution in [3.05, 3.63) is 109 Å². The zero-order valence-electron chi connectivity index (χ0n) is 17.3. The van der Waals surface area contributed by atoms with Gasteiger partial charge in [-0.25, -0.2) is 0 Å². The van der Waals surface area contributed by atoms with Gasteiger partial charge in [-0.15, -0.1) is 59.7 Å². The average molecular weight is 624 g/mol. The van der Waals surface area contributed by atoms with Gasteiger partial charge in [0.2, 0.25) is 11.8 Å². The molecule has 0 saturated carbocycles. The third-order valence-corrected chi connectivity index (χ3v) is 6.44. The second-order valence-electron chi connectivity index (χ2n) is 7.29. The summed E-state index contributed by atoms with van der Waals surface area (Å²) in [5.74, 6) is 0.990. The number of rotatable bonds is 4. The molecule has 0 unspecified atom stereocenters. The molecule has 0 saturated heterocycles. The van der Waals surface area contributed by atoms with Crippen LogP contribution in [0, 0.1) is 12.1 Å². The van der Waals surface area contributed by atoms with E-state index < -0.39 is 0 Å². The quantitative estimate of drug-likeness (QED) is 0.190. The molecule has 33 heavy (non-hydrogen) atoms. The Bertz CT molecular complexity index is 1560. The van der Waals surface area contributed by atoms with E-state index in [4.69, 9.17) is 9.72 Å². The van der Waals surface area contributed by atoms with Gasteiger partial charge in [-0.2, -0.15) is 11.3 Å². The molecule has 3 heterocycles. The van der Waals surface area contributed by atoms with Crippen molar-refractivity contribution in [3.8, 4) is 34.3 Å². The summed E-state index contributed by atoms with van der Waals surface area (Å²) >= 11 is 1.76. The molecule has 3 nitrogen and oxygen atoms in total. The minimum absolute atomic E-state index is 0. The molecule has 0 spiro atoms. The van der Waals surface area contributed by atoms with Gasteiger partial charge in [0.25, 0.3) is 0 Å². The van der Waals surface area contributed by atoms with Crippen molar-refractivity contribution in [2.45, 2.75) is 0 Å². The van der Waals surface area contributed by atoms with Crippen LogP contribution >= 0.6 is 11.3 Å². The molecule has 0 radical (unpaired) electrons. The number of hydrogen-bond donors (Lipinski definition) is 0. The van der Waals surface area contributed by atoms with Gasteiger partial charge in [0.05, 0.1) is 0 Å². The van der Waals surface area contributed by atoms with E-state index in [1.165, 1.54) is 20.2 Å². The van der Waals surface area contributed by atoms with E-state index in [2.05, 4.69) is 47.4 Å². The summed E-state index contributed by atoms with van der Waals surface area (Å²) in [5.41, 5.74) is 3.54. The van der Waals surface area contributed by atoms with Crippen molar-refractivity contribution < 1.29 is 25.8 Å². The molecule has 6 rings (SSSR count). The SMILES string of the molecule is [Pt+2].[c-]1ccccc1-c1cccc(Oc2cccc(-c3[c-]ccc4c3sc3ccccc34)n2)n1. The van der Waals surface area contributed by atoms with Gasteiger partial charge in [0, 0.05) is 4.70 Å². The molecule has 0 bridgehead atoms. The van der Waals surface area contributed by atoms with Crippen LogP contribution in [0.15, 0.2) is 97.1 Å². The van der Waals surface area contributed by atoms with E-state index in [0.29, 0.717) is 11.8 Å². The second-order valence-corrected chi connectivity index (χ2v) is 8.35. The number of aromatic nitrogens is 2. The molecule has 3 aromatic heterocycles. The third-order valence-electron chi connectivity index (χ3n) is 5.24. The summed E-state index contributed by atoms with van der Waals surface area (Å²) in [6.07, 6.45) is 0. The molecule has 6 aromatic rings. The fourth-order valence-corrected chi connectivity index (χ4v) is 4.98. The predicted molar refractivity (Wildman–Crippen MR) is 130 cm³/mol. The zero-order valence-corrected chi connectivity index (χ0v) is 20.4. The first-order chi connectivity index (χ1) is 15.8. The van der Waals surface area contributed by atoms with Crippen LogP contribution in [0.1, 0.15) is 0 Å². The Labute approximate surface area is 210 Å². The first-order valence-corrected chi connectivity index (χ1v) is 11.1. The molecular formula is C28H16N2OPtS. The average Bonchev–Trinajstić information content (AvgIpc) is 3.24. The van der Waals surface area contributed by atoms with Gasteiger partial charge < -0.3 is 4.74 Å². The van der Waals surface area contributed by atoms with Crippen molar-refractivity contribution in [1.29, 1.82) is 0 Å². The molecule has 0 atom stereocenters. The topological polar surface area (TPSA) is 35.0 Å². The van der Waals surface area contributed by atoms with Crippen molar-refractivity contribution in [1.82, 2.24) is 9.97 Å². The van der Waals surface area contributed by atoms with Crippen LogP contribution < -0.4 is 4.74 Å². The van der Waals surface area contributed by atoms with Crippen LogP contribution in [-0.2, 0) is 21.1 Å². The number of nitrogens with zero attached hydrogens (tertiary/aromatic N) is 2. The molecule has 0 aliphatic rings. The van der Waals surface area contributed by atoms with Crippen LogP contribution in [0.5, 0.6) is 11.8 Å². The number of benzene rings is 3. The molecule has 0 aliphatic heterocycles. The van der Waals surface area contributed by atoms with Crippen molar-refractivity contribution in [2.24, 2.45) is 0 Å². The molecule has 3 aromatic carbocycles. The molecule has 0 aliphatic carbocycles. The van der Waals surface area contributed by atoms with Gasteiger partial charge in [0.1, 0.15) is 0 Å². The minimum Gasteiger partial charge on any atom is -0.422 e.